The van der Waals surface area contributed by atoms with Gasteiger partial charge >= 0.3 is 0 Å². The van der Waals surface area contributed by atoms with Gasteiger partial charge in [-0.1, -0.05) is 5.16 Å². The molecule has 80 valence electrons. The second-order valence-electron chi connectivity index (χ2n) is 3.54. The van der Waals surface area contributed by atoms with Crippen LogP contribution in [-0.4, -0.2) is 48.8 Å². The molecule has 1 aromatic heterocycles. The van der Waals surface area contributed by atoms with E-state index in [1.807, 2.05) is 6.92 Å². The lowest BCUT2D eigenvalue weighted by atomic mass is 10.4. The Morgan fingerprint density at radius 2 is 2.14 bits per heavy atom. The minimum Gasteiger partial charge on any atom is -0.339 e. The maximum absolute atomic E-state index is 4.98. The Hall–Kier alpha value is -0.940. The average molecular weight is 198 g/mol. The minimum absolute atomic E-state index is 0.702. The van der Waals surface area contributed by atoms with Gasteiger partial charge < -0.3 is 14.7 Å². The standard InChI is InChI=1S/C9H18N4O/c1-8-11-9(14-12-8)4-5-10-6-7-13(2)3/h10H,4-7H2,1-3H3. The number of nitrogens with one attached hydrogen (secondary N) is 1. The van der Waals surface area contributed by atoms with Gasteiger partial charge in [0.25, 0.3) is 0 Å². The van der Waals surface area contributed by atoms with Crippen molar-refractivity contribution in [1.29, 1.82) is 0 Å². The number of aromatic nitrogens is 2. The third kappa shape index (κ3) is 4.34. The van der Waals surface area contributed by atoms with Gasteiger partial charge in [0.2, 0.25) is 5.89 Å². The van der Waals surface area contributed by atoms with Crippen LogP contribution in [0.5, 0.6) is 0 Å². The summed E-state index contributed by atoms with van der Waals surface area (Å²) in [5.74, 6) is 1.41. The highest BCUT2D eigenvalue weighted by Gasteiger charge is 2.00. The molecule has 0 aromatic carbocycles. The lowest BCUT2D eigenvalue weighted by Crippen LogP contribution is -2.27. The summed E-state index contributed by atoms with van der Waals surface area (Å²) in [6.45, 7) is 4.74. The molecular weight excluding hydrogens is 180 g/mol. The zero-order chi connectivity index (χ0) is 10.4. The molecule has 1 heterocycles. The number of rotatable bonds is 6. The fourth-order valence-corrected chi connectivity index (χ4v) is 1.06. The molecule has 0 saturated carbocycles. The average Bonchev–Trinajstić information content (AvgIpc) is 2.50. The summed E-state index contributed by atoms with van der Waals surface area (Å²) >= 11 is 0. The van der Waals surface area contributed by atoms with Crippen LogP contribution in [-0.2, 0) is 6.42 Å². The van der Waals surface area contributed by atoms with Crippen LogP contribution in [0.4, 0.5) is 0 Å². The first-order chi connectivity index (χ1) is 6.68. The van der Waals surface area contributed by atoms with Crippen molar-refractivity contribution in [2.75, 3.05) is 33.7 Å². The van der Waals surface area contributed by atoms with E-state index in [0.29, 0.717) is 11.7 Å². The van der Waals surface area contributed by atoms with Crippen LogP contribution in [0, 0.1) is 6.92 Å². The zero-order valence-corrected chi connectivity index (χ0v) is 9.08. The molecule has 0 fully saturated rings. The molecule has 0 atom stereocenters. The Morgan fingerprint density at radius 1 is 1.36 bits per heavy atom. The number of hydrogen-bond acceptors (Lipinski definition) is 5. The van der Waals surface area contributed by atoms with Crippen LogP contribution in [0.1, 0.15) is 11.7 Å². The van der Waals surface area contributed by atoms with Crippen LogP contribution in [0.25, 0.3) is 0 Å². The molecule has 1 aromatic rings. The Bertz CT molecular complexity index is 259. The summed E-state index contributed by atoms with van der Waals surface area (Å²) in [5, 5.41) is 7.03. The van der Waals surface area contributed by atoms with E-state index in [9.17, 15) is 0 Å². The van der Waals surface area contributed by atoms with E-state index in [2.05, 4.69) is 34.5 Å². The molecule has 0 spiro atoms. The largest absolute Gasteiger partial charge is 0.339 e. The number of likely N-dealkylation sites (N-methyl/N-ethyl adjacent to an activating group) is 1. The van der Waals surface area contributed by atoms with E-state index < -0.39 is 0 Å². The summed E-state index contributed by atoms with van der Waals surface area (Å²) in [5.41, 5.74) is 0. The molecule has 0 radical (unpaired) electrons. The van der Waals surface area contributed by atoms with E-state index in [-0.39, 0.29) is 0 Å². The third-order valence-corrected chi connectivity index (χ3v) is 1.82. The molecule has 5 heteroatoms. The van der Waals surface area contributed by atoms with E-state index >= 15 is 0 Å². The van der Waals surface area contributed by atoms with Crippen molar-refractivity contribution < 1.29 is 4.52 Å². The lowest BCUT2D eigenvalue weighted by Gasteiger charge is -2.09. The molecular formula is C9H18N4O. The van der Waals surface area contributed by atoms with Crippen molar-refractivity contribution >= 4 is 0 Å². The van der Waals surface area contributed by atoms with Crippen molar-refractivity contribution in [1.82, 2.24) is 20.4 Å². The van der Waals surface area contributed by atoms with Gasteiger partial charge in [-0.05, 0) is 21.0 Å². The van der Waals surface area contributed by atoms with Gasteiger partial charge in [-0.3, -0.25) is 0 Å². The second kappa shape index (κ2) is 5.72. The minimum atomic E-state index is 0.702. The third-order valence-electron chi connectivity index (χ3n) is 1.82. The molecule has 0 saturated heterocycles. The Balaban J connectivity index is 2.04. The molecule has 1 N–H and O–H groups in total. The van der Waals surface area contributed by atoms with Crippen LogP contribution in [0.2, 0.25) is 0 Å². The first-order valence-corrected chi connectivity index (χ1v) is 4.83. The summed E-state index contributed by atoms with van der Waals surface area (Å²) in [7, 11) is 4.12. The molecule has 5 nitrogen and oxygen atoms in total. The fourth-order valence-electron chi connectivity index (χ4n) is 1.06. The Labute approximate surface area is 84.5 Å². The van der Waals surface area contributed by atoms with Gasteiger partial charge in [0.15, 0.2) is 5.82 Å². The molecule has 0 amide bonds. The van der Waals surface area contributed by atoms with E-state index in [1.165, 1.54) is 0 Å². The van der Waals surface area contributed by atoms with Gasteiger partial charge in [0.05, 0.1) is 0 Å². The van der Waals surface area contributed by atoms with Crippen molar-refractivity contribution in [3.63, 3.8) is 0 Å². The van der Waals surface area contributed by atoms with E-state index in [4.69, 9.17) is 4.52 Å². The summed E-state index contributed by atoms with van der Waals surface area (Å²) in [6.07, 6.45) is 0.800. The Kier molecular flexibility index (Phi) is 4.55. The quantitative estimate of drug-likeness (QED) is 0.656. The van der Waals surface area contributed by atoms with Crippen molar-refractivity contribution in [3.8, 4) is 0 Å². The fraction of sp³-hybridized carbons (Fsp3) is 0.778. The molecule has 0 aliphatic heterocycles. The molecule has 0 bridgehead atoms. The zero-order valence-electron chi connectivity index (χ0n) is 9.08. The van der Waals surface area contributed by atoms with Gasteiger partial charge in [0, 0.05) is 26.1 Å². The maximum Gasteiger partial charge on any atom is 0.227 e. The van der Waals surface area contributed by atoms with Crippen molar-refractivity contribution in [3.05, 3.63) is 11.7 Å². The molecule has 1 rings (SSSR count). The number of hydrogen-bond donors (Lipinski definition) is 1. The van der Waals surface area contributed by atoms with Crippen LogP contribution in [0.3, 0.4) is 0 Å². The highest BCUT2D eigenvalue weighted by atomic mass is 16.5. The highest BCUT2D eigenvalue weighted by Crippen LogP contribution is 1.95. The molecule has 14 heavy (non-hydrogen) atoms. The van der Waals surface area contributed by atoms with E-state index in [0.717, 1.165) is 26.1 Å². The van der Waals surface area contributed by atoms with Gasteiger partial charge in [-0.25, -0.2) is 0 Å². The van der Waals surface area contributed by atoms with Crippen LogP contribution >= 0.6 is 0 Å². The number of nitrogens with zero attached hydrogens (tertiary/aromatic N) is 3. The van der Waals surface area contributed by atoms with Crippen molar-refractivity contribution in [2.24, 2.45) is 0 Å². The van der Waals surface area contributed by atoms with Gasteiger partial charge in [-0.15, -0.1) is 0 Å². The normalized spacial score (nSPS) is 11.1. The predicted molar refractivity (Wildman–Crippen MR) is 54.2 cm³/mol. The first kappa shape index (κ1) is 11.1. The SMILES string of the molecule is Cc1noc(CCNCCN(C)C)n1. The van der Waals surface area contributed by atoms with Crippen LogP contribution < -0.4 is 5.32 Å². The molecule has 0 aliphatic carbocycles. The second-order valence-corrected chi connectivity index (χ2v) is 3.54. The summed E-state index contributed by atoms with van der Waals surface area (Å²) < 4.78 is 4.98. The van der Waals surface area contributed by atoms with E-state index in [1.54, 1.807) is 0 Å². The smallest absolute Gasteiger partial charge is 0.227 e. The predicted octanol–water partition coefficient (Wildman–Crippen LogP) is 0.0717. The topological polar surface area (TPSA) is 54.2 Å². The molecule has 0 aliphatic rings. The number of aryl methyl sites for hydroxylation is 1. The van der Waals surface area contributed by atoms with Gasteiger partial charge in [0.1, 0.15) is 0 Å². The monoisotopic (exact) mass is 198 g/mol. The maximum atomic E-state index is 4.98. The highest BCUT2D eigenvalue weighted by molar-refractivity contribution is 4.83. The summed E-state index contributed by atoms with van der Waals surface area (Å²) in [4.78, 5) is 6.26. The lowest BCUT2D eigenvalue weighted by molar-refractivity contribution is 0.367. The molecule has 0 unspecified atom stereocenters. The first-order valence-electron chi connectivity index (χ1n) is 4.83. The van der Waals surface area contributed by atoms with Gasteiger partial charge in [-0.2, -0.15) is 4.98 Å². The van der Waals surface area contributed by atoms with Crippen molar-refractivity contribution in [2.45, 2.75) is 13.3 Å². The Morgan fingerprint density at radius 3 is 2.71 bits per heavy atom. The van der Waals surface area contributed by atoms with Crippen LogP contribution in [0.15, 0.2) is 4.52 Å². The summed E-state index contributed by atoms with van der Waals surface area (Å²) in [6, 6.07) is 0.